The molecule has 1 N–H and O–H groups in total. The van der Waals surface area contributed by atoms with Crippen molar-refractivity contribution in [1.29, 1.82) is 0 Å². The average molecular weight is 486 g/mol. The standard InChI is InChI=1S/C23H23N3O7S/c1-16-7-12-21(14-22(16)26(28)29)34(30,31)25(18-8-10-19(32-2)11-9-18)15-23(27)24-17-5-4-6-20(13-17)33-3/h4-14H,15H2,1-3H3,(H,24,27). The van der Waals surface area contributed by atoms with Gasteiger partial charge in [0.15, 0.2) is 0 Å². The van der Waals surface area contributed by atoms with Crippen LogP contribution in [0.5, 0.6) is 11.5 Å². The maximum atomic E-state index is 13.5. The van der Waals surface area contributed by atoms with E-state index in [1.807, 2.05) is 0 Å². The van der Waals surface area contributed by atoms with Crippen LogP contribution in [0.3, 0.4) is 0 Å². The lowest BCUT2D eigenvalue weighted by Gasteiger charge is -2.24. The predicted octanol–water partition coefficient (Wildman–Crippen LogP) is 3.75. The molecule has 0 aliphatic heterocycles. The van der Waals surface area contributed by atoms with Gasteiger partial charge in [-0.3, -0.25) is 19.2 Å². The summed E-state index contributed by atoms with van der Waals surface area (Å²) in [5, 5.41) is 14.0. The van der Waals surface area contributed by atoms with E-state index >= 15 is 0 Å². The lowest BCUT2D eigenvalue weighted by Crippen LogP contribution is -2.38. The lowest BCUT2D eigenvalue weighted by molar-refractivity contribution is -0.385. The molecule has 0 bridgehead atoms. The number of hydrogen-bond acceptors (Lipinski definition) is 7. The molecule has 0 aliphatic carbocycles. The second-order valence-electron chi connectivity index (χ2n) is 7.20. The highest BCUT2D eigenvalue weighted by atomic mass is 32.2. The Morgan fingerprint density at radius 3 is 2.29 bits per heavy atom. The van der Waals surface area contributed by atoms with Gasteiger partial charge in [-0.2, -0.15) is 0 Å². The summed E-state index contributed by atoms with van der Waals surface area (Å²) >= 11 is 0. The number of ether oxygens (including phenoxy) is 2. The Kier molecular flexibility index (Phi) is 7.37. The first-order chi connectivity index (χ1) is 16.1. The molecule has 0 radical (unpaired) electrons. The van der Waals surface area contributed by atoms with Gasteiger partial charge < -0.3 is 14.8 Å². The molecular formula is C23H23N3O7S. The van der Waals surface area contributed by atoms with Gasteiger partial charge >= 0.3 is 0 Å². The van der Waals surface area contributed by atoms with Crippen molar-refractivity contribution in [1.82, 2.24) is 0 Å². The fourth-order valence-corrected chi connectivity index (χ4v) is 4.61. The normalized spacial score (nSPS) is 10.9. The molecule has 0 heterocycles. The van der Waals surface area contributed by atoms with Crippen LogP contribution in [-0.2, 0) is 14.8 Å². The first kappa shape index (κ1) is 24.5. The summed E-state index contributed by atoms with van der Waals surface area (Å²) in [6.45, 7) is 0.935. The topological polar surface area (TPSA) is 128 Å². The molecule has 1 amide bonds. The number of benzene rings is 3. The number of nitrogens with one attached hydrogen (secondary N) is 1. The Morgan fingerprint density at radius 2 is 1.68 bits per heavy atom. The summed E-state index contributed by atoms with van der Waals surface area (Å²) in [5.74, 6) is 0.395. The third-order valence-electron chi connectivity index (χ3n) is 4.97. The fraction of sp³-hybridized carbons (Fsp3) is 0.174. The monoisotopic (exact) mass is 485 g/mol. The Balaban J connectivity index is 2.00. The minimum atomic E-state index is -4.34. The molecule has 0 aliphatic rings. The molecule has 34 heavy (non-hydrogen) atoms. The van der Waals surface area contributed by atoms with Crippen molar-refractivity contribution in [2.45, 2.75) is 11.8 Å². The van der Waals surface area contributed by atoms with Crippen LogP contribution in [0, 0.1) is 17.0 Å². The van der Waals surface area contributed by atoms with Gasteiger partial charge in [0, 0.05) is 23.4 Å². The van der Waals surface area contributed by atoms with Crippen molar-refractivity contribution < 1.29 is 27.6 Å². The molecule has 3 rings (SSSR count). The molecule has 0 unspecified atom stereocenters. The first-order valence-corrected chi connectivity index (χ1v) is 11.5. The van der Waals surface area contributed by atoms with E-state index in [0.717, 1.165) is 10.4 Å². The van der Waals surface area contributed by atoms with E-state index < -0.39 is 27.4 Å². The zero-order valence-corrected chi connectivity index (χ0v) is 19.5. The smallest absolute Gasteiger partial charge is 0.273 e. The summed E-state index contributed by atoms with van der Waals surface area (Å²) in [6.07, 6.45) is 0. The van der Waals surface area contributed by atoms with Gasteiger partial charge in [-0.15, -0.1) is 0 Å². The van der Waals surface area contributed by atoms with Gasteiger partial charge in [0.05, 0.1) is 29.7 Å². The van der Waals surface area contributed by atoms with Crippen LogP contribution < -0.4 is 19.1 Å². The zero-order chi connectivity index (χ0) is 24.9. The number of aryl methyl sites for hydroxylation is 1. The molecule has 178 valence electrons. The number of nitrogens with zero attached hydrogens (tertiary/aromatic N) is 2. The van der Waals surface area contributed by atoms with Crippen molar-refractivity contribution >= 4 is 33.0 Å². The third-order valence-corrected chi connectivity index (χ3v) is 6.74. The minimum Gasteiger partial charge on any atom is -0.497 e. The van der Waals surface area contributed by atoms with Crippen molar-refractivity contribution in [3.8, 4) is 11.5 Å². The Morgan fingerprint density at radius 1 is 1.00 bits per heavy atom. The maximum absolute atomic E-state index is 13.5. The highest BCUT2D eigenvalue weighted by Gasteiger charge is 2.29. The largest absolute Gasteiger partial charge is 0.497 e. The van der Waals surface area contributed by atoms with Crippen LogP contribution in [0.15, 0.2) is 71.6 Å². The number of nitro groups is 1. The van der Waals surface area contributed by atoms with Gasteiger partial charge in [-0.25, -0.2) is 8.42 Å². The van der Waals surface area contributed by atoms with Crippen molar-refractivity contribution in [2.75, 3.05) is 30.4 Å². The third kappa shape index (κ3) is 5.44. The van der Waals surface area contributed by atoms with Crippen molar-refractivity contribution in [3.05, 3.63) is 82.4 Å². The molecule has 0 atom stereocenters. The minimum absolute atomic E-state index is 0.185. The molecule has 10 nitrogen and oxygen atoms in total. The van der Waals surface area contributed by atoms with E-state index in [0.29, 0.717) is 22.7 Å². The van der Waals surface area contributed by atoms with E-state index in [4.69, 9.17) is 9.47 Å². The van der Waals surface area contributed by atoms with E-state index in [9.17, 15) is 23.3 Å². The van der Waals surface area contributed by atoms with Gasteiger partial charge in [0.2, 0.25) is 5.91 Å². The van der Waals surface area contributed by atoms with Crippen LogP contribution >= 0.6 is 0 Å². The van der Waals surface area contributed by atoms with Gasteiger partial charge in [0.1, 0.15) is 18.0 Å². The summed E-state index contributed by atoms with van der Waals surface area (Å²) in [5.41, 5.74) is 0.583. The van der Waals surface area contributed by atoms with E-state index in [1.54, 1.807) is 36.4 Å². The number of amides is 1. The van der Waals surface area contributed by atoms with Gasteiger partial charge in [-0.05, 0) is 49.4 Å². The number of anilines is 2. The molecule has 0 aromatic heterocycles. The van der Waals surface area contributed by atoms with E-state index in [1.165, 1.54) is 45.4 Å². The number of nitro benzene ring substituents is 1. The lowest BCUT2D eigenvalue weighted by atomic mass is 10.2. The molecule has 0 saturated carbocycles. The van der Waals surface area contributed by atoms with Gasteiger partial charge in [-0.1, -0.05) is 12.1 Å². The average Bonchev–Trinajstić information content (AvgIpc) is 2.82. The second kappa shape index (κ2) is 10.2. The van der Waals surface area contributed by atoms with Crippen molar-refractivity contribution in [2.24, 2.45) is 0 Å². The van der Waals surface area contributed by atoms with Crippen LogP contribution in [0.2, 0.25) is 0 Å². The summed E-state index contributed by atoms with van der Waals surface area (Å²) in [7, 11) is -1.39. The SMILES string of the molecule is COc1ccc(N(CC(=O)Nc2cccc(OC)c2)S(=O)(=O)c2ccc(C)c([N+](=O)[O-])c2)cc1. The Labute approximate surface area is 196 Å². The highest BCUT2D eigenvalue weighted by molar-refractivity contribution is 7.92. The van der Waals surface area contributed by atoms with E-state index in [-0.39, 0.29) is 16.3 Å². The quantitative estimate of drug-likeness (QED) is 0.361. The number of carbonyl (C=O) groups excluding carboxylic acids is 1. The molecule has 0 fully saturated rings. The number of sulfonamides is 1. The number of carbonyl (C=O) groups is 1. The molecule has 3 aromatic carbocycles. The van der Waals surface area contributed by atoms with Crippen LogP contribution in [0.4, 0.5) is 17.1 Å². The summed E-state index contributed by atoms with van der Waals surface area (Å²) in [6, 6.07) is 16.3. The molecule has 0 saturated heterocycles. The van der Waals surface area contributed by atoms with Crippen molar-refractivity contribution in [3.63, 3.8) is 0 Å². The molecular weight excluding hydrogens is 462 g/mol. The zero-order valence-electron chi connectivity index (χ0n) is 18.7. The first-order valence-electron chi connectivity index (χ1n) is 10.0. The molecule has 3 aromatic rings. The van der Waals surface area contributed by atoms with Crippen LogP contribution in [-0.4, -0.2) is 40.0 Å². The summed E-state index contributed by atoms with van der Waals surface area (Å²) in [4.78, 5) is 23.2. The number of rotatable bonds is 9. The Hall–Kier alpha value is -4.12. The fourth-order valence-electron chi connectivity index (χ4n) is 3.17. The number of methoxy groups -OCH3 is 2. The Bertz CT molecular complexity index is 1310. The van der Waals surface area contributed by atoms with Crippen LogP contribution in [0.1, 0.15) is 5.56 Å². The predicted molar refractivity (Wildman–Crippen MR) is 127 cm³/mol. The molecule has 11 heteroatoms. The maximum Gasteiger partial charge on any atom is 0.273 e. The summed E-state index contributed by atoms with van der Waals surface area (Å²) < 4.78 is 38.2. The van der Waals surface area contributed by atoms with Crippen LogP contribution in [0.25, 0.3) is 0 Å². The van der Waals surface area contributed by atoms with Gasteiger partial charge in [0.25, 0.3) is 15.7 Å². The second-order valence-corrected chi connectivity index (χ2v) is 9.06. The number of hydrogen-bond donors (Lipinski definition) is 1. The highest BCUT2D eigenvalue weighted by Crippen LogP contribution is 2.29. The molecule has 0 spiro atoms. The van der Waals surface area contributed by atoms with E-state index in [2.05, 4.69) is 5.32 Å².